The van der Waals surface area contributed by atoms with Crippen molar-refractivity contribution in [1.29, 1.82) is 5.41 Å². The molecule has 0 saturated carbocycles. The minimum absolute atomic E-state index is 0.218. The number of benzene rings is 1. The molecular weight excluding hydrogens is 321 g/mol. The van der Waals surface area contributed by atoms with E-state index < -0.39 is 0 Å². The molecule has 1 aliphatic heterocycles. The fourth-order valence-corrected chi connectivity index (χ4v) is 2.80. The van der Waals surface area contributed by atoms with Gasteiger partial charge >= 0.3 is 6.03 Å². The lowest BCUT2D eigenvalue weighted by atomic mass is 10.2. The standard InChI is InChI=1S/C11H11BrClN3O2/c1-15-5-9(14)16(11(15)17)6-3-7(12)10(18-2)8(13)4-6/h3-4,14H,5H2,1-2H3. The van der Waals surface area contributed by atoms with Crippen molar-refractivity contribution in [3.8, 4) is 5.75 Å². The summed E-state index contributed by atoms with van der Waals surface area (Å²) in [4.78, 5) is 14.7. The van der Waals surface area contributed by atoms with E-state index in [4.69, 9.17) is 21.7 Å². The van der Waals surface area contributed by atoms with E-state index in [1.165, 1.54) is 16.9 Å². The van der Waals surface area contributed by atoms with Gasteiger partial charge in [-0.3, -0.25) is 5.41 Å². The minimum Gasteiger partial charge on any atom is -0.494 e. The van der Waals surface area contributed by atoms with Crippen molar-refractivity contribution in [3.63, 3.8) is 0 Å². The molecule has 1 aromatic carbocycles. The van der Waals surface area contributed by atoms with Gasteiger partial charge in [0, 0.05) is 7.05 Å². The monoisotopic (exact) mass is 331 g/mol. The van der Waals surface area contributed by atoms with Gasteiger partial charge in [0.15, 0.2) is 5.75 Å². The molecule has 1 aromatic rings. The summed E-state index contributed by atoms with van der Waals surface area (Å²) in [5.74, 6) is 0.725. The summed E-state index contributed by atoms with van der Waals surface area (Å²) in [6.07, 6.45) is 0. The number of nitrogens with one attached hydrogen (secondary N) is 1. The SMILES string of the molecule is COc1c(Cl)cc(N2C(=N)CN(C)C2=O)cc1Br. The van der Waals surface area contributed by atoms with Gasteiger partial charge < -0.3 is 9.64 Å². The number of halogens is 2. The fourth-order valence-electron chi connectivity index (χ4n) is 1.79. The number of ether oxygens (including phenoxy) is 1. The highest BCUT2D eigenvalue weighted by Crippen LogP contribution is 2.38. The number of amidine groups is 1. The minimum atomic E-state index is -0.242. The molecular formula is C11H11BrClN3O2. The Morgan fingerprint density at radius 1 is 1.50 bits per heavy atom. The summed E-state index contributed by atoms with van der Waals surface area (Å²) in [5, 5.41) is 8.20. The maximum atomic E-state index is 11.9. The van der Waals surface area contributed by atoms with Crippen LogP contribution in [0.4, 0.5) is 10.5 Å². The van der Waals surface area contributed by atoms with E-state index in [-0.39, 0.29) is 11.9 Å². The Kier molecular flexibility index (Phi) is 3.49. The van der Waals surface area contributed by atoms with Gasteiger partial charge in [-0.1, -0.05) is 11.6 Å². The van der Waals surface area contributed by atoms with Crippen molar-refractivity contribution in [2.24, 2.45) is 0 Å². The Balaban J connectivity index is 2.47. The van der Waals surface area contributed by atoms with Crippen molar-refractivity contribution in [2.45, 2.75) is 0 Å². The van der Waals surface area contributed by atoms with E-state index in [9.17, 15) is 4.79 Å². The van der Waals surface area contributed by atoms with Crippen molar-refractivity contribution in [3.05, 3.63) is 21.6 Å². The number of urea groups is 1. The largest absolute Gasteiger partial charge is 0.494 e. The van der Waals surface area contributed by atoms with Gasteiger partial charge in [-0.15, -0.1) is 0 Å². The summed E-state index contributed by atoms with van der Waals surface area (Å²) in [5.41, 5.74) is 0.548. The van der Waals surface area contributed by atoms with Crippen molar-refractivity contribution in [2.75, 3.05) is 25.6 Å². The second-order valence-corrected chi connectivity index (χ2v) is 5.12. The van der Waals surface area contributed by atoms with Crippen LogP contribution in [0.3, 0.4) is 0 Å². The molecule has 0 bridgehead atoms. The molecule has 0 aliphatic carbocycles. The number of rotatable bonds is 2. The summed E-state index contributed by atoms with van der Waals surface area (Å²) in [6.45, 7) is 0.292. The van der Waals surface area contributed by atoms with Crippen LogP contribution in [-0.2, 0) is 0 Å². The highest BCUT2D eigenvalue weighted by molar-refractivity contribution is 9.10. The smallest absolute Gasteiger partial charge is 0.330 e. The Morgan fingerprint density at radius 2 is 2.17 bits per heavy atom. The number of methoxy groups -OCH3 is 1. The topological polar surface area (TPSA) is 56.6 Å². The first-order valence-corrected chi connectivity index (χ1v) is 6.28. The van der Waals surface area contributed by atoms with Crippen LogP contribution in [0.25, 0.3) is 0 Å². The third kappa shape index (κ3) is 2.06. The molecule has 0 aromatic heterocycles. The van der Waals surface area contributed by atoms with Crippen LogP contribution >= 0.6 is 27.5 Å². The third-order valence-electron chi connectivity index (χ3n) is 2.62. The molecule has 0 radical (unpaired) electrons. The summed E-state index contributed by atoms with van der Waals surface area (Å²) < 4.78 is 5.76. The molecule has 0 atom stereocenters. The van der Waals surface area contributed by atoms with Gasteiger partial charge in [-0.2, -0.15) is 0 Å². The molecule has 5 nitrogen and oxygen atoms in total. The Bertz CT molecular complexity index is 512. The van der Waals surface area contributed by atoms with E-state index >= 15 is 0 Å². The second-order valence-electron chi connectivity index (χ2n) is 3.86. The number of nitrogens with zero attached hydrogens (tertiary/aromatic N) is 2. The molecule has 7 heteroatoms. The normalized spacial score (nSPS) is 15.6. The first-order valence-electron chi connectivity index (χ1n) is 5.11. The first-order chi connectivity index (χ1) is 8.45. The average molecular weight is 333 g/mol. The predicted octanol–water partition coefficient (Wildman–Crippen LogP) is 2.96. The molecule has 18 heavy (non-hydrogen) atoms. The molecule has 2 amide bonds. The van der Waals surface area contributed by atoms with Gasteiger partial charge in [0.1, 0.15) is 5.84 Å². The van der Waals surface area contributed by atoms with Crippen LogP contribution in [0.15, 0.2) is 16.6 Å². The zero-order valence-electron chi connectivity index (χ0n) is 9.83. The fraction of sp³-hybridized carbons (Fsp3) is 0.273. The van der Waals surface area contributed by atoms with Gasteiger partial charge in [0.25, 0.3) is 0 Å². The molecule has 0 spiro atoms. The molecule has 1 saturated heterocycles. The molecule has 96 valence electrons. The van der Waals surface area contributed by atoms with Crippen LogP contribution in [-0.4, -0.2) is 37.5 Å². The maximum absolute atomic E-state index is 11.9. The van der Waals surface area contributed by atoms with Crippen molar-refractivity contribution < 1.29 is 9.53 Å². The van der Waals surface area contributed by atoms with E-state index in [0.717, 1.165) is 0 Å². The number of carbonyl (C=O) groups excluding carboxylic acids is 1. The van der Waals surface area contributed by atoms with Crippen LogP contribution < -0.4 is 9.64 Å². The Labute approximate surface area is 118 Å². The molecule has 1 fully saturated rings. The lowest BCUT2D eigenvalue weighted by molar-refractivity contribution is 0.229. The van der Waals surface area contributed by atoms with Crippen LogP contribution in [0, 0.1) is 5.41 Å². The number of amides is 2. The zero-order chi connectivity index (χ0) is 13.4. The van der Waals surface area contributed by atoms with Crippen LogP contribution in [0.5, 0.6) is 5.75 Å². The number of anilines is 1. The predicted molar refractivity (Wildman–Crippen MR) is 73.9 cm³/mol. The van der Waals surface area contributed by atoms with Crippen LogP contribution in [0.1, 0.15) is 0 Å². The lowest BCUT2D eigenvalue weighted by Crippen LogP contribution is -2.31. The van der Waals surface area contributed by atoms with Crippen molar-refractivity contribution >= 4 is 45.1 Å². The first kappa shape index (κ1) is 13.2. The molecule has 0 unspecified atom stereocenters. The summed E-state index contributed by atoms with van der Waals surface area (Å²) in [6, 6.07) is 3.07. The van der Waals surface area contributed by atoms with E-state index in [2.05, 4.69) is 15.9 Å². The lowest BCUT2D eigenvalue weighted by Gasteiger charge is -2.17. The van der Waals surface area contributed by atoms with E-state index in [0.29, 0.717) is 27.5 Å². The van der Waals surface area contributed by atoms with Gasteiger partial charge in [-0.25, -0.2) is 9.69 Å². The second kappa shape index (κ2) is 4.78. The van der Waals surface area contributed by atoms with Crippen LogP contribution in [0.2, 0.25) is 5.02 Å². The number of hydrogen-bond acceptors (Lipinski definition) is 3. The van der Waals surface area contributed by atoms with E-state index in [1.54, 1.807) is 19.2 Å². The van der Waals surface area contributed by atoms with E-state index in [1.807, 2.05) is 0 Å². The Hall–Kier alpha value is -1.27. The third-order valence-corrected chi connectivity index (χ3v) is 3.49. The van der Waals surface area contributed by atoms with Gasteiger partial charge in [0.05, 0.1) is 28.8 Å². The maximum Gasteiger partial charge on any atom is 0.330 e. The summed E-state index contributed by atoms with van der Waals surface area (Å²) >= 11 is 9.40. The number of likely N-dealkylation sites (N-methyl/N-ethyl adjacent to an activating group) is 1. The average Bonchev–Trinajstić information content (AvgIpc) is 2.52. The number of carbonyl (C=O) groups is 1. The van der Waals surface area contributed by atoms with Gasteiger partial charge in [0.2, 0.25) is 0 Å². The highest BCUT2D eigenvalue weighted by atomic mass is 79.9. The molecule has 1 heterocycles. The molecule has 2 rings (SSSR count). The van der Waals surface area contributed by atoms with Gasteiger partial charge in [-0.05, 0) is 28.1 Å². The highest BCUT2D eigenvalue weighted by Gasteiger charge is 2.32. The quantitative estimate of drug-likeness (QED) is 0.905. The molecule has 1 aliphatic rings. The zero-order valence-corrected chi connectivity index (χ0v) is 12.2. The summed E-state index contributed by atoms with van der Waals surface area (Å²) in [7, 11) is 3.17. The Morgan fingerprint density at radius 3 is 2.61 bits per heavy atom. The number of hydrogen-bond donors (Lipinski definition) is 1. The molecule has 1 N–H and O–H groups in total. The van der Waals surface area contributed by atoms with Crippen molar-refractivity contribution in [1.82, 2.24) is 4.90 Å².